The first kappa shape index (κ1) is 12.1. The van der Waals surface area contributed by atoms with E-state index in [1.165, 1.54) is 0 Å². The number of allylic oxidation sites excluding steroid dienone is 1. The average molecular weight is 190 g/mol. The number of aliphatic imine (C=N–C) groups is 1. The van der Waals surface area contributed by atoms with Crippen molar-refractivity contribution in [1.29, 1.82) is 0 Å². The van der Waals surface area contributed by atoms with Gasteiger partial charge in [0.25, 0.3) is 6.43 Å². The SMILES string of the molecule is CCC/C(C)=C/C(N)=NCC(F)F. The molecule has 2 N–H and O–H groups in total. The first-order valence-electron chi connectivity index (χ1n) is 4.31. The maximum Gasteiger partial charge on any atom is 0.257 e. The van der Waals surface area contributed by atoms with Gasteiger partial charge in [-0.3, -0.25) is 4.99 Å². The molecule has 0 atom stereocenters. The first-order chi connectivity index (χ1) is 6.06. The largest absolute Gasteiger partial charge is 0.384 e. The van der Waals surface area contributed by atoms with Crippen molar-refractivity contribution in [1.82, 2.24) is 0 Å². The van der Waals surface area contributed by atoms with E-state index in [1.807, 2.05) is 13.8 Å². The molecule has 0 saturated heterocycles. The maximum atomic E-state index is 11.7. The third-order valence-electron chi connectivity index (χ3n) is 1.45. The average Bonchev–Trinajstić information content (AvgIpc) is 2.01. The van der Waals surface area contributed by atoms with E-state index in [2.05, 4.69) is 4.99 Å². The van der Waals surface area contributed by atoms with Crippen LogP contribution in [0.3, 0.4) is 0 Å². The zero-order chi connectivity index (χ0) is 10.3. The minimum atomic E-state index is -2.42. The molecule has 0 aliphatic rings. The maximum absolute atomic E-state index is 11.7. The van der Waals surface area contributed by atoms with Crippen LogP contribution in [0.2, 0.25) is 0 Å². The second-order valence-electron chi connectivity index (χ2n) is 2.90. The second kappa shape index (κ2) is 6.57. The highest BCUT2D eigenvalue weighted by Gasteiger charge is 1.99. The molecule has 76 valence electrons. The summed E-state index contributed by atoms with van der Waals surface area (Å²) in [5.41, 5.74) is 6.46. The summed E-state index contributed by atoms with van der Waals surface area (Å²) in [5.74, 6) is 0.186. The van der Waals surface area contributed by atoms with E-state index in [0.29, 0.717) is 0 Å². The zero-order valence-corrected chi connectivity index (χ0v) is 8.06. The third-order valence-corrected chi connectivity index (χ3v) is 1.45. The van der Waals surface area contributed by atoms with E-state index in [-0.39, 0.29) is 5.84 Å². The zero-order valence-electron chi connectivity index (χ0n) is 8.06. The minimum absolute atomic E-state index is 0.186. The van der Waals surface area contributed by atoms with Crippen LogP contribution in [0, 0.1) is 0 Å². The summed E-state index contributed by atoms with van der Waals surface area (Å²) < 4.78 is 23.4. The molecule has 0 radical (unpaired) electrons. The number of hydrogen-bond acceptors (Lipinski definition) is 1. The number of halogens is 2. The van der Waals surface area contributed by atoms with E-state index < -0.39 is 13.0 Å². The van der Waals surface area contributed by atoms with Gasteiger partial charge in [0.05, 0.1) is 0 Å². The summed E-state index contributed by atoms with van der Waals surface area (Å²) in [6, 6.07) is 0. The van der Waals surface area contributed by atoms with Crippen LogP contribution < -0.4 is 5.73 Å². The molecule has 2 nitrogen and oxygen atoms in total. The van der Waals surface area contributed by atoms with Gasteiger partial charge in [-0.05, 0) is 19.4 Å². The van der Waals surface area contributed by atoms with Gasteiger partial charge in [0, 0.05) is 0 Å². The topological polar surface area (TPSA) is 38.4 Å². The Morgan fingerprint density at radius 2 is 2.15 bits per heavy atom. The van der Waals surface area contributed by atoms with E-state index in [9.17, 15) is 8.78 Å². The molecule has 0 aromatic rings. The van der Waals surface area contributed by atoms with Gasteiger partial charge in [-0.25, -0.2) is 8.78 Å². The highest BCUT2D eigenvalue weighted by atomic mass is 19.3. The van der Waals surface area contributed by atoms with Crippen LogP contribution >= 0.6 is 0 Å². The fraction of sp³-hybridized carbons (Fsp3) is 0.667. The number of alkyl halides is 2. The first-order valence-corrected chi connectivity index (χ1v) is 4.31. The lowest BCUT2D eigenvalue weighted by molar-refractivity contribution is 0.159. The summed E-state index contributed by atoms with van der Waals surface area (Å²) >= 11 is 0. The van der Waals surface area contributed by atoms with Gasteiger partial charge in [0.1, 0.15) is 12.4 Å². The van der Waals surface area contributed by atoms with Crippen molar-refractivity contribution in [3.05, 3.63) is 11.6 Å². The third kappa shape index (κ3) is 7.43. The number of nitrogens with two attached hydrogens (primary N) is 1. The van der Waals surface area contributed by atoms with Gasteiger partial charge in [-0.1, -0.05) is 18.9 Å². The molecule has 13 heavy (non-hydrogen) atoms. The highest BCUT2D eigenvalue weighted by molar-refractivity contribution is 5.91. The van der Waals surface area contributed by atoms with Crippen molar-refractivity contribution in [3.8, 4) is 0 Å². The van der Waals surface area contributed by atoms with Crippen LogP contribution in [0.15, 0.2) is 16.6 Å². The van der Waals surface area contributed by atoms with Gasteiger partial charge < -0.3 is 5.73 Å². The smallest absolute Gasteiger partial charge is 0.257 e. The number of nitrogens with zero attached hydrogens (tertiary/aromatic N) is 1. The van der Waals surface area contributed by atoms with Crippen LogP contribution in [0.5, 0.6) is 0 Å². The van der Waals surface area contributed by atoms with Crippen LogP contribution in [0.4, 0.5) is 8.78 Å². The molecular weight excluding hydrogens is 174 g/mol. The molecule has 0 bridgehead atoms. The molecular formula is C9H16F2N2. The van der Waals surface area contributed by atoms with Crippen LogP contribution in [-0.4, -0.2) is 18.8 Å². The predicted octanol–water partition coefficient (Wildman–Crippen LogP) is 2.36. The molecule has 0 saturated carbocycles. The summed E-state index contributed by atoms with van der Waals surface area (Å²) in [4.78, 5) is 3.51. The summed E-state index contributed by atoms with van der Waals surface area (Å²) in [5, 5.41) is 0. The molecule has 0 spiro atoms. The Morgan fingerprint density at radius 1 is 1.54 bits per heavy atom. The molecule has 0 aliphatic carbocycles. The van der Waals surface area contributed by atoms with Gasteiger partial charge in [0.15, 0.2) is 0 Å². The monoisotopic (exact) mass is 190 g/mol. The van der Waals surface area contributed by atoms with Gasteiger partial charge in [-0.15, -0.1) is 0 Å². The summed E-state index contributed by atoms with van der Waals surface area (Å²) in [6.45, 7) is 3.44. The van der Waals surface area contributed by atoms with E-state index >= 15 is 0 Å². The quantitative estimate of drug-likeness (QED) is 0.524. The molecule has 0 fully saturated rings. The lowest BCUT2D eigenvalue weighted by Crippen LogP contribution is -2.11. The van der Waals surface area contributed by atoms with Crippen LogP contribution in [-0.2, 0) is 0 Å². The molecule has 0 amide bonds. The number of rotatable bonds is 5. The van der Waals surface area contributed by atoms with Crippen molar-refractivity contribution in [3.63, 3.8) is 0 Å². The van der Waals surface area contributed by atoms with Crippen LogP contribution in [0.1, 0.15) is 26.7 Å². The highest BCUT2D eigenvalue weighted by Crippen LogP contribution is 2.02. The molecule has 0 unspecified atom stereocenters. The summed E-state index contributed by atoms with van der Waals surface area (Å²) in [6.07, 6.45) is 1.17. The van der Waals surface area contributed by atoms with E-state index in [1.54, 1.807) is 6.08 Å². The molecule has 0 heterocycles. The molecule has 4 heteroatoms. The van der Waals surface area contributed by atoms with Gasteiger partial charge in [0.2, 0.25) is 0 Å². The predicted molar refractivity (Wildman–Crippen MR) is 51.2 cm³/mol. The summed E-state index contributed by atoms with van der Waals surface area (Å²) in [7, 11) is 0. The van der Waals surface area contributed by atoms with Gasteiger partial charge >= 0.3 is 0 Å². The molecule has 0 rings (SSSR count). The van der Waals surface area contributed by atoms with Crippen LogP contribution in [0.25, 0.3) is 0 Å². The Hall–Kier alpha value is -0.930. The Bertz CT molecular complexity index is 198. The second-order valence-corrected chi connectivity index (χ2v) is 2.90. The molecule has 0 aromatic carbocycles. The lowest BCUT2D eigenvalue weighted by Gasteiger charge is -1.98. The Labute approximate surface area is 77.5 Å². The normalized spacial score (nSPS) is 13.9. The minimum Gasteiger partial charge on any atom is -0.384 e. The van der Waals surface area contributed by atoms with Crippen molar-refractivity contribution in [2.45, 2.75) is 33.1 Å². The van der Waals surface area contributed by atoms with E-state index in [4.69, 9.17) is 5.73 Å². The van der Waals surface area contributed by atoms with Gasteiger partial charge in [-0.2, -0.15) is 0 Å². The van der Waals surface area contributed by atoms with Crippen molar-refractivity contribution in [2.24, 2.45) is 10.7 Å². The fourth-order valence-electron chi connectivity index (χ4n) is 0.939. The van der Waals surface area contributed by atoms with Crippen molar-refractivity contribution < 1.29 is 8.78 Å². The number of amidine groups is 1. The number of hydrogen-bond donors (Lipinski definition) is 1. The standard InChI is InChI=1S/C9H16F2N2/c1-3-4-7(2)5-9(12)13-6-8(10)11/h5,8H,3-4,6H2,1-2H3,(H2,12,13)/b7-5+. The Morgan fingerprint density at radius 3 is 2.62 bits per heavy atom. The Balaban J connectivity index is 4.02. The lowest BCUT2D eigenvalue weighted by atomic mass is 10.1. The molecule has 0 aromatic heterocycles. The fourth-order valence-corrected chi connectivity index (χ4v) is 0.939. The van der Waals surface area contributed by atoms with E-state index in [0.717, 1.165) is 18.4 Å². The van der Waals surface area contributed by atoms with Crippen molar-refractivity contribution >= 4 is 5.84 Å². The van der Waals surface area contributed by atoms with Crippen molar-refractivity contribution in [2.75, 3.05) is 6.54 Å². The molecule has 0 aliphatic heterocycles. The Kier molecular flexibility index (Phi) is 6.10.